The number of nitrogens with zero attached hydrogens (tertiary/aromatic N) is 1. The summed E-state index contributed by atoms with van der Waals surface area (Å²) in [4.78, 5) is 2.50. The van der Waals surface area contributed by atoms with E-state index in [0.29, 0.717) is 30.2 Å². The molecule has 2 saturated carbocycles. The van der Waals surface area contributed by atoms with E-state index in [9.17, 15) is 8.42 Å². The Labute approximate surface area is 201 Å². The van der Waals surface area contributed by atoms with E-state index in [1.807, 2.05) is 13.2 Å². The molecule has 3 aliphatic carbocycles. The van der Waals surface area contributed by atoms with Gasteiger partial charge < -0.3 is 4.74 Å². The Bertz CT molecular complexity index is 1190. The summed E-state index contributed by atoms with van der Waals surface area (Å²) >= 11 is 0. The second-order valence-corrected chi connectivity index (χ2v) is 12.8. The van der Waals surface area contributed by atoms with Crippen molar-refractivity contribution in [3.8, 4) is 0 Å². The van der Waals surface area contributed by atoms with Gasteiger partial charge >= 0.3 is 0 Å². The summed E-state index contributed by atoms with van der Waals surface area (Å²) in [7, 11) is -1.67. The first-order valence-corrected chi connectivity index (χ1v) is 14.0. The van der Waals surface area contributed by atoms with E-state index >= 15 is 4.39 Å². The first kappa shape index (κ1) is 22.5. The second kappa shape index (κ2) is 7.77. The fraction of sp³-hybridized carbons (Fsp3) is 0.556. The van der Waals surface area contributed by atoms with Crippen LogP contribution in [0.4, 0.5) is 10.1 Å². The van der Waals surface area contributed by atoms with Crippen molar-refractivity contribution in [3.63, 3.8) is 0 Å². The van der Waals surface area contributed by atoms with Crippen molar-refractivity contribution in [1.82, 2.24) is 4.90 Å². The van der Waals surface area contributed by atoms with Crippen LogP contribution in [0.2, 0.25) is 0 Å². The highest BCUT2D eigenvalue weighted by Gasteiger charge is 2.68. The standard InChI is InChI=1S/C27H33FN2O3S/c1-3-27(21-9-6-10-24(25(21)28)29-34(31,32)20-11-12-20)22-15-30(16-23(22)27)17-26(33-2)13-18-7-4-5-8-19(18)14-26/h4-10,20,22-23,29H,3,11-17H2,1-2H3. The summed E-state index contributed by atoms with van der Waals surface area (Å²) < 4.78 is 49.1. The molecule has 1 aliphatic heterocycles. The summed E-state index contributed by atoms with van der Waals surface area (Å²) in [5.41, 5.74) is 3.13. The molecule has 1 heterocycles. The lowest BCUT2D eigenvalue weighted by molar-refractivity contribution is -0.0277. The molecule has 4 aliphatic rings. The molecule has 0 bridgehead atoms. The molecule has 0 spiro atoms. The van der Waals surface area contributed by atoms with Crippen LogP contribution < -0.4 is 4.72 Å². The van der Waals surface area contributed by atoms with E-state index in [1.54, 1.807) is 12.1 Å². The van der Waals surface area contributed by atoms with E-state index < -0.39 is 15.8 Å². The van der Waals surface area contributed by atoms with Gasteiger partial charge in [-0.1, -0.05) is 43.3 Å². The van der Waals surface area contributed by atoms with Crippen molar-refractivity contribution in [2.75, 3.05) is 31.5 Å². The summed E-state index contributed by atoms with van der Waals surface area (Å²) in [6.45, 7) is 4.87. The minimum atomic E-state index is -3.50. The number of hydrogen-bond donors (Lipinski definition) is 1. The fourth-order valence-electron chi connectivity index (χ4n) is 7.03. The third-order valence-corrected chi connectivity index (χ3v) is 10.9. The predicted molar refractivity (Wildman–Crippen MR) is 131 cm³/mol. The van der Waals surface area contributed by atoms with E-state index in [4.69, 9.17) is 4.74 Å². The highest BCUT2D eigenvalue weighted by atomic mass is 32.2. The van der Waals surface area contributed by atoms with E-state index in [1.165, 1.54) is 11.1 Å². The van der Waals surface area contributed by atoms with Crippen LogP contribution in [0.3, 0.4) is 0 Å². The summed E-state index contributed by atoms with van der Waals surface area (Å²) in [6.07, 6.45) is 4.03. The monoisotopic (exact) mass is 484 g/mol. The molecule has 7 heteroatoms. The van der Waals surface area contributed by atoms with Crippen LogP contribution in [0.5, 0.6) is 0 Å². The maximum absolute atomic E-state index is 15.6. The molecule has 1 saturated heterocycles. The largest absolute Gasteiger partial charge is 0.376 e. The summed E-state index contributed by atoms with van der Waals surface area (Å²) in [6, 6.07) is 13.8. The third-order valence-electron chi connectivity index (χ3n) is 9.00. The van der Waals surface area contributed by atoms with Crippen molar-refractivity contribution in [2.45, 2.75) is 55.3 Å². The number of methoxy groups -OCH3 is 1. The van der Waals surface area contributed by atoms with Gasteiger partial charge in [0.1, 0.15) is 0 Å². The van der Waals surface area contributed by atoms with E-state index in [0.717, 1.165) is 38.9 Å². The van der Waals surface area contributed by atoms with Gasteiger partial charge in [-0.3, -0.25) is 9.62 Å². The molecule has 34 heavy (non-hydrogen) atoms. The van der Waals surface area contributed by atoms with Gasteiger partial charge in [-0.05, 0) is 53.9 Å². The zero-order valence-electron chi connectivity index (χ0n) is 19.9. The predicted octanol–water partition coefficient (Wildman–Crippen LogP) is 4.12. The van der Waals surface area contributed by atoms with Gasteiger partial charge in [0, 0.05) is 45.0 Å². The maximum atomic E-state index is 15.6. The number of anilines is 1. The van der Waals surface area contributed by atoms with Crippen molar-refractivity contribution in [3.05, 3.63) is 65.0 Å². The van der Waals surface area contributed by atoms with Crippen molar-refractivity contribution < 1.29 is 17.5 Å². The highest BCUT2D eigenvalue weighted by Crippen LogP contribution is 2.66. The van der Waals surface area contributed by atoms with Gasteiger partial charge in [-0.15, -0.1) is 0 Å². The topological polar surface area (TPSA) is 58.6 Å². The number of ether oxygens (including phenoxy) is 1. The molecule has 6 rings (SSSR count). The average Bonchev–Trinajstić information content (AvgIpc) is 3.69. The van der Waals surface area contributed by atoms with E-state index in [-0.39, 0.29) is 22.0 Å². The van der Waals surface area contributed by atoms with Gasteiger partial charge in [-0.25, -0.2) is 12.8 Å². The van der Waals surface area contributed by atoms with Crippen LogP contribution in [0, 0.1) is 17.7 Å². The molecule has 0 radical (unpaired) electrons. The molecule has 5 nitrogen and oxygen atoms in total. The quantitative estimate of drug-likeness (QED) is 0.612. The Morgan fingerprint density at radius 3 is 2.26 bits per heavy atom. The normalized spacial score (nSPS) is 29.6. The van der Waals surface area contributed by atoms with Crippen LogP contribution in [-0.4, -0.2) is 50.9 Å². The van der Waals surface area contributed by atoms with Gasteiger partial charge in [0.25, 0.3) is 0 Å². The third kappa shape index (κ3) is 3.42. The van der Waals surface area contributed by atoms with Gasteiger partial charge in [-0.2, -0.15) is 0 Å². The van der Waals surface area contributed by atoms with Gasteiger partial charge in [0.2, 0.25) is 10.0 Å². The number of fused-ring (bicyclic) bond motifs is 2. The Kier molecular flexibility index (Phi) is 5.14. The number of hydrogen-bond acceptors (Lipinski definition) is 4. The smallest absolute Gasteiger partial charge is 0.235 e. The molecule has 1 N–H and O–H groups in total. The van der Waals surface area contributed by atoms with Crippen molar-refractivity contribution in [1.29, 1.82) is 0 Å². The number of nitrogens with one attached hydrogen (secondary N) is 1. The molecule has 0 amide bonds. The molecule has 2 atom stereocenters. The van der Waals surface area contributed by atoms with Crippen molar-refractivity contribution in [2.24, 2.45) is 11.8 Å². The first-order chi connectivity index (χ1) is 16.3. The highest BCUT2D eigenvalue weighted by molar-refractivity contribution is 7.93. The first-order valence-electron chi connectivity index (χ1n) is 12.5. The lowest BCUT2D eigenvalue weighted by Crippen LogP contribution is -2.46. The molecule has 0 aromatic heterocycles. The molecule has 2 aromatic rings. The number of likely N-dealkylation sites (tertiary alicyclic amines) is 1. The summed E-state index contributed by atoms with van der Waals surface area (Å²) in [5.74, 6) is 0.383. The SMILES string of the molecule is CCC1(c2cccc(NS(=O)(=O)C3CC3)c2F)C2CN(CC3(OC)Cc4ccccc4C3)CC21. The number of piperidine rings is 1. The Morgan fingerprint density at radius 1 is 1.06 bits per heavy atom. The van der Waals surface area contributed by atoms with Crippen LogP contribution in [0.1, 0.15) is 42.9 Å². The number of rotatable bonds is 8. The maximum Gasteiger partial charge on any atom is 0.235 e. The lowest BCUT2D eigenvalue weighted by Gasteiger charge is -2.35. The van der Waals surface area contributed by atoms with E-state index in [2.05, 4.69) is 40.8 Å². The molecular formula is C27H33FN2O3S. The minimum Gasteiger partial charge on any atom is -0.376 e. The Balaban J connectivity index is 1.18. The molecule has 3 fully saturated rings. The lowest BCUT2D eigenvalue weighted by atomic mass is 9.86. The molecule has 2 unspecified atom stereocenters. The molecular weight excluding hydrogens is 451 g/mol. The van der Waals surface area contributed by atoms with Crippen LogP contribution in [-0.2, 0) is 33.0 Å². The molecule has 2 aromatic carbocycles. The summed E-state index contributed by atoms with van der Waals surface area (Å²) in [5, 5.41) is -0.376. The zero-order chi connectivity index (χ0) is 23.7. The average molecular weight is 485 g/mol. The number of halogens is 1. The van der Waals surface area contributed by atoms with Crippen LogP contribution >= 0.6 is 0 Å². The number of sulfonamides is 1. The van der Waals surface area contributed by atoms with Gasteiger partial charge in [0.15, 0.2) is 5.82 Å². The zero-order valence-corrected chi connectivity index (χ0v) is 20.7. The molecule has 182 valence electrons. The van der Waals surface area contributed by atoms with Crippen LogP contribution in [0.25, 0.3) is 0 Å². The number of benzene rings is 2. The van der Waals surface area contributed by atoms with Crippen molar-refractivity contribution >= 4 is 15.7 Å². The Morgan fingerprint density at radius 2 is 1.71 bits per heavy atom. The minimum absolute atomic E-state index is 0.0983. The fourth-order valence-corrected chi connectivity index (χ4v) is 8.42. The Hall–Kier alpha value is -1.96. The second-order valence-electron chi connectivity index (χ2n) is 10.8. The van der Waals surface area contributed by atoms with Crippen LogP contribution in [0.15, 0.2) is 42.5 Å². The van der Waals surface area contributed by atoms with Gasteiger partial charge in [0.05, 0.1) is 16.5 Å².